The van der Waals surface area contributed by atoms with Crippen LogP contribution in [-0.4, -0.2) is 20.0 Å². The topological polar surface area (TPSA) is 46.5 Å². The van der Waals surface area contributed by atoms with Gasteiger partial charge in [-0.25, -0.2) is 0 Å². The maximum atomic E-state index is 6.36. The summed E-state index contributed by atoms with van der Waals surface area (Å²) in [4.78, 5) is 0. The van der Waals surface area contributed by atoms with E-state index in [2.05, 4.69) is 15.3 Å². The average molecular weight is 267 g/mol. The molecule has 0 amide bonds. The van der Waals surface area contributed by atoms with Gasteiger partial charge in [0.05, 0.1) is 21.6 Å². The smallest absolute Gasteiger partial charge is 0.136 e. The van der Waals surface area contributed by atoms with Crippen molar-refractivity contribution in [2.75, 3.05) is 0 Å². The van der Waals surface area contributed by atoms with Crippen LogP contribution in [-0.2, 0) is 7.05 Å². The Bertz CT molecular complexity index is 685. The fourth-order valence-corrected chi connectivity index (χ4v) is 2.44. The molecule has 0 fully saturated rings. The van der Waals surface area contributed by atoms with E-state index in [1.54, 1.807) is 17.9 Å². The molecule has 2 aromatic heterocycles. The number of benzene rings is 1. The molecule has 86 valence electrons. The zero-order chi connectivity index (χ0) is 12.0. The maximum Gasteiger partial charge on any atom is 0.136 e. The van der Waals surface area contributed by atoms with Gasteiger partial charge in [0.2, 0.25) is 0 Å². The second-order valence-electron chi connectivity index (χ2n) is 3.70. The lowest BCUT2D eigenvalue weighted by Gasteiger charge is -2.01. The fraction of sp³-hybridized carbons (Fsp3) is 0.0909. The first-order valence-electron chi connectivity index (χ1n) is 4.99. The molecule has 4 nitrogen and oxygen atoms in total. The SMILES string of the molecule is Cn1nc2ccc(-c3cc[nH]n3)c(Cl)c2c1Cl. The van der Waals surface area contributed by atoms with Crippen molar-refractivity contribution in [3.8, 4) is 11.3 Å². The minimum atomic E-state index is 0.530. The van der Waals surface area contributed by atoms with E-state index in [0.29, 0.717) is 10.2 Å². The van der Waals surface area contributed by atoms with E-state index >= 15 is 0 Å². The van der Waals surface area contributed by atoms with Gasteiger partial charge in [0.15, 0.2) is 0 Å². The largest absolute Gasteiger partial charge is 0.285 e. The summed E-state index contributed by atoms with van der Waals surface area (Å²) in [6, 6.07) is 5.64. The molecule has 1 aromatic carbocycles. The number of aromatic amines is 1. The average Bonchev–Trinajstić information content (AvgIpc) is 2.90. The Morgan fingerprint density at radius 1 is 1.24 bits per heavy atom. The first kappa shape index (κ1) is 10.6. The van der Waals surface area contributed by atoms with Gasteiger partial charge in [0.25, 0.3) is 0 Å². The molecule has 0 bridgehead atoms. The van der Waals surface area contributed by atoms with Crippen molar-refractivity contribution in [2.45, 2.75) is 0 Å². The van der Waals surface area contributed by atoms with Gasteiger partial charge >= 0.3 is 0 Å². The second kappa shape index (κ2) is 3.75. The molecular weight excluding hydrogens is 259 g/mol. The van der Waals surface area contributed by atoms with Crippen molar-refractivity contribution < 1.29 is 0 Å². The molecule has 0 atom stereocenters. The minimum Gasteiger partial charge on any atom is -0.285 e. The van der Waals surface area contributed by atoms with Gasteiger partial charge in [0, 0.05) is 18.8 Å². The predicted molar refractivity (Wildman–Crippen MR) is 68.3 cm³/mol. The molecular formula is C11H8Cl2N4. The standard InChI is InChI=1S/C11H8Cl2N4/c1-17-11(13)9-8(16-17)3-2-6(10(9)12)7-4-5-14-15-7/h2-5H,1H3,(H,14,15). The summed E-state index contributed by atoms with van der Waals surface area (Å²) >= 11 is 12.5. The van der Waals surface area contributed by atoms with Crippen LogP contribution in [0.2, 0.25) is 10.2 Å². The molecule has 0 spiro atoms. The van der Waals surface area contributed by atoms with Gasteiger partial charge in [-0.05, 0) is 18.2 Å². The van der Waals surface area contributed by atoms with Crippen molar-refractivity contribution in [3.05, 3.63) is 34.6 Å². The van der Waals surface area contributed by atoms with Gasteiger partial charge in [-0.2, -0.15) is 10.2 Å². The van der Waals surface area contributed by atoms with Crippen molar-refractivity contribution in [1.29, 1.82) is 0 Å². The number of aryl methyl sites for hydroxylation is 1. The molecule has 2 heterocycles. The number of H-pyrrole nitrogens is 1. The van der Waals surface area contributed by atoms with Crippen molar-refractivity contribution >= 4 is 34.1 Å². The van der Waals surface area contributed by atoms with E-state index in [4.69, 9.17) is 23.2 Å². The van der Waals surface area contributed by atoms with Crippen molar-refractivity contribution in [2.24, 2.45) is 7.05 Å². The highest BCUT2D eigenvalue weighted by Crippen LogP contribution is 2.36. The highest BCUT2D eigenvalue weighted by Gasteiger charge is 2.15. The van der Waals surface area contributed by atoms with Gasteiger partial charge in [-0.1, -0.05) is 23.2 Å². The normalized spacial score (nSPS) is 11.2. The molecule has 0 aliphatic heterocycles. The lowest BCUT2D eigenvalue weighted by atomic mass is 10.1. The number of halogens is 2. The lowest BCUT2D eigenvalue weighted by molar-refractivity contribution is 0.780. The summed E-state index contributed by atoms with van der Waals surface area (Å²) in [7, 11) is 1.78. The van der Waals surface area contributed by atoms with Crippen molar-refractivity contribution in [3.63, 3.8) is 0 Å². The van der Waals surface area contributed by atoms with Crippen molar-refractivity contribution in [1.82, 2.24) is 20.0 Å². The van der Waals surface area contributed by atoms with E-state index in [1.165, 1.54) is 0 Å². The third-order valence-electron chi connectivity index (χ3n) is 2.64. The number of nitrogens with one attached hydrogen (secondary N) is 1. The molecule has 3 aromatic rings. The number of aromatic nitrogens is 4. The molecule has 0 aliphatic carbocycles. The lowest BCUT2D eigenvalue weighted by Crippen LogP contribution is -1.87. The summed E-state index contributed by atoms with van der Waals surface area (Å²) in [5, 5.41) is 13.0. The number of fused-ring (bicyclic) bond motifs is 1. The molecule has 1 N–H and O–H groups in total. The molecule has 0 radical (unpaired) electrons. The van der Waals surface area contributed by atoms with Crippen LogP contribution in [0.4, 0.5) is 0 Å². The second-order valence-corrected chi connectivity index (χ2v) is 4.43. The van der Waals surface area contributed by atoms with E-state index in [1.807, 2.05) is 18.2 Å². The summed E-state index contributed by atoms with van der Waals surface area (Å²) in [5.74, 6) is 0. The number of hydrogen-bond acceptors (Lipinski definition) is 2. The van der Waals surface area contributed by atoms with E-state index in [0.717, 1.165) is 22.2 Å². The Hall–Kier alpha value is -1.52. The molecule has 0 unspecified atom stereocenters. The first-order chi connectivity index (χ1) is 8.18. The molecule has 17 heavy (non-hydrogen) atoms. The molecule has 0 saturated heterocycles. The maximum absolute atomic E-state index is 6.36. The molecule has 3 rings (SSSR count). The Labute approximate surface area is 107 Å². The van der Waals surface area contributed by atoms with Crippen LogP contribution in [0.3, 0.4) is 0 Å². The van der Waals surface area contributed by atoms with Gasteiger partial charge in [0.1, 0.15) is 5.15 Å². The van der Waals surface area contributed by atoms with Crippen LogP contribution >= 0.6 is 23.2 Å². The van der Waals surface area contributed by atoms with Crippen LogP contribution in [0.25, 0.3) is 22.2 Å². The zero-order valence-corrected chi connectivity index (χ0v) is 10.4. The molecule has 0 saturated carbocycles. The summed E-state index contributed by atoms with van der Waals surface area (Å²) in [5.41, 5.74) is 2.41. The highest BCUT2D eigenvalue weighted by atomic mass is 35.5. The fourth-order valence-electron chi connectivity index (χ4n) is 1.82. The van der Waals surface area contributed by atoms with Gasteiger partial charge < -0.3 is 0 Å². The number of rotatable bonds is 1. The number of nitrogens with zero attached hydrogens (tertiary/aromatic N) is 3. The Morgan fingerprint density at radius 3 is 2.76 bits per heavy atom. The Kier molecular flexibility index (Phi) is 2.34. The third-order valence-corrected chi connectivity index (χ3v) is 3.47. The monoisotopic (exact) mass is 266 g/mol. The summed E-state index contributed by atoms with van der Waals surface area (Å²) < 4.78 is 1.60. The van der Waals surface area contributed by atoms with E-state index in [9.17, 15) is 0 Å². The predicted octanol–water partition coefficient (Wildman–Crippen LogP) is 3.27. The molecule has 6 heteroatoms. The van der Waals surface area contributed by atoms with Crippen LogP contribution in [0.1, 0.15) is 0 Å². The quantitative estimate of drug-likeness (QED) is 0.735. The Morgan fingerprint density at radius 2 is 2.06 bits per heavy atom. The molecule has 0 aliphatic rings. The minimum absolute atomic E-state index is 0.530. The van der Waals surface area contributed by atoms with Gasteiger partial charge in [-0.3, -0.25) is 9.78 Å². The van der Waals surface area contributed by atoms with Crippen LogP contribution < -0.4 is 0 Å². The van der Waals surface area contributed by atoms with Gasteiger partial charge in [-0.15, -0.1) is 0 Å². The van der Waals surface area contributed by atoms with E-state index in [-0.39, 0.29) is 0 Å². The third kappa shape index (κ3) is 1.52. The Balaban J connectivity index is 2.36. The summed E-state index contributed by atoms with van der Waals surface area (Å²) in [6.45, 7) is 0. The highest BCUT2D eigenvalue weighted by molar-refractivity contribution is 6.43. The number of hydrogen-bond donors (Lipinski definition) is 1. The summed E-state index contributed by atoms with van der Waals surface area (Å²) in [6.07, 6.45) is 1.75. The van der Waals surface area contributed by atoms with Crippen LogP contribution in [0.5, 0.6) is 0 Å². The van der Waals surface area contributed by atoms with Crippen LogP contribution in [0.15, 0.2) is 24.4 Å². The van der Waals surface area contributed by atoms with E-state index < -0.39 is 0 Å². The first-order valence-corrected chi connectivity index (χ1v) is 5.75. The van der Waals surface area contributed by atoms with Crippen LogP contribution in [0, 0.1) is 0 Å². The zero-order valence-electron chi connectivity index (χ0n) is 8.91.